The summed E-state index contributed by atoms with van der Waals surface area (Å²) in [6.45, 7) is 10.8. The van der Waals surface area contributed by atoms with Gasteiger partial charge in [-0.1, -0.05) is 6.92 Å². The summed E-state index contributed by atoms with van der Waals surface area (Å²) < 4.78 is 5.14. The Bertz CT molecular complexity index is 328. The lowest BCUT2D eigenvalue weighted by Gasteiger charge is -2.32. The molecule has 5 nitrogen and oxygen atoms in total. The first-order chi connectivity index (χ1) is 8.69. The quantitative estimate of drug-likeness (QED) is 0.836. The number of carbonyl (C=O) groups excluding carboxylic acids is 2. The molecule has 1 unspecified atom stereocenters. The summed E-state index contributed by atoms with van der Waals surface area (Å²) in [4.78, 5) is 25.6. The van der Waals surface area contributed by atoms with E-state index in [1.807, 2.05) is 4.90 Å². The third-order valence-electron chi connectivity index (χ3n) is 3.20. The highest BCUT2D eigenvalue weighted by atomic mass is 16.6. The van der Waals surface area contributed by atoms with Gasteiger partial charge in [-0.15, -0.1) is 0 Å². The van der Waals surface area contributed by atoms with Crippen LogP contribution in [0.1, 0.15) is 47.5 Å². The van der Waals surface area contributed by atoms with E-state index in [0.29, 0.717) is 5.92 Å². The zero-order chi connectivity index (χ0) is 14.6. The van der Waals surface area contributed by atoms with E-state index in [4.69, 9.17) is 4.74 Å². The van der Waals surface area contributed by atoms with Crippen LogP contribution < -0.4 is 5.32 Å². The largest absolute Gasteiger partial charge is 0.444 e. The smallest absolute Gasteiger partial charge is 0.408 e. The van der Waals surface area contributed by atoms with Crippen LogP contribution in [0.25, 0.3) is 0 Å². The van der Waals surface area contributed by atoms with Gasteiger partial charge in [-0.3, -0.25) is 4.79 Å². The first-order valence-corrected chi connectivity index (χ1v) is 6.97. The van der Waals surface area contributed by atoms with E-state index in [9.17, 15) is 9.59 Å². The first-order valence-electron chi connectivity index (χ1n) is 6.97. The number of amides is 2. The van der Waals surface area contributed by atoms with E-state index in [0.717, 1.165) is 25.9 Å². The normalized spacial score (nSPS) is 18.9. The van der Waals surface area contributed by atoms with Crippen LogP contribution in [0.5, 0.6) is 0 Å². The number of piperidine rings is 1. The molecule has 1 fully saturated rings. The Kier molecular flexibility index (Phi) is 5.20. The van der Waals surface area contributed by atoms with Crippen LogP contribution in [0.3, 0.4) is 0 Å². The van der Waals surface area contributed by atoms with Gasteiger partial charge in [0, 0.05) is 13.1 Å². The van der Waals surface area contributed by atoms with Gasteiger partial charge in [0.25, 0.3) is 0 Å². The van der Waals surface area contributed by atoms with Crippen LogP contribution >= 0.6 is 0 Å². The van der Waals surface area contributed by atoms with Crippen molar-refractivity contribution >= 4 is 12.0 Å². The molecule has 1 heterocycles. The van der Waals surface area contributed by atoms with E-state index < -0.39 is 17.7 Å². The van der Waals surface area contributed by atoms with Crippen LogP contribution in [-0.4, -0.2) is 41.6 Å². The lowest BCUT2D eigenvalue weighted by molar-refractivity contribution is -0.134. The highest BCUT2D eigenvalue weighted by molar-refractivity contribution is 5.85. The fourth-order valence-electron chi connectivity index (χ4n) is 2.05. The minimum absolute atomic E-state index is 0.0299. The highest BCUT2D eigenvalue weighted by Gasteiger charge is 2.26. The summed E-state index contributed by atoms with van der Waals surface area (Å²) in [5.41, 5.74) is -0.548. The number of carbonyl (C=O) groups is 2. The highest BCUT2D eigenvalue weighted by Crippen LogP contribution is 2.16. The predicted molar refractivity (Wildman–Crippen MR) is 73.8 cm³/mol. The van der Waals surface area contributed by atoms with Gasteiger partial charge in [0.05, 0.1) is 0 Å². The molecule has 1 N–H and O–H groups in total. The Hall–Kier alpha value is -1.26. The van der Waals surface area contributed by atoms with E-state index in [1.165, 1.54) is 0 Å². The molecule has 0 aromatic carbocycles. The zero-order valence-corrected chi connectivity index (χ0v) is 12.7. The van der Waals surface area contributed by atoms with Gasteiger partial charge < -0.3 is 15.0 Å². The van der Waals surface area contributed by atoms with Crippen LogP contribution in [0.4, 0.5) is 4.79 Å². The summed E-state index contributed by atoms with van der Waals surface area (Å²) in [5, 5.41) is 2.59. The van der Waals surface area contributed by atoms with Gasteiger partial charge in [-0.2, -0.15) is 0 Å². The molecule has 2 amide bonds. The number of likely N-dealkylation sites (tertiary alicyclic amines) is 1. The molecule has 1 saturated heterocycles. The fourth-order valence-corrected chi connectivity index (χ4v) is 2.05. The van der Waals surface area contributed by atoms with Crippen molar-refractivity contribution in [3.05, 3.63) is 0 Å². The number of nitrogens with zero attached hydrogens (tertiary/aromatic N) is 1. The van der Waals surface area contributed by atoms with Crippen LogP contribution in [-0.2, 0) is 9.53 Å². The molecule has 1 aliphatic rings. The number of ether oxygens (including phenoxy) is 1. The van der Waals surface area contributed by atoms with Gasteiger partial charge in [-0.05, 0) is 46.5 Å². The Balaban J connectivity index is 2.42. The molecule has 0 aliphatic carbocycles. The Morgan fingerprint density at radius 3 is 2.26 bits per heavy atom. The molecule has 19 heavy (non-hydrogen) atoms. The predicted octanol–water partition coefficient (Wildman–Crippen LogP) is 2.16. The third kappa shape index (κ3) is 5.49. The van der Waals surface area contributed by atoms with Crippen molar-refractivity contribution in [3.63, 3.8) is 0 Å². The lowest BCUT2D eigenvalue weighted by Crippen LogP contribution is -2.50. The van der Waals surface area contributed by atoms with E-state index in [2.05, 4.69) is 12.2 Å². The maximum absolute atomic E-state index is 12.2. The molecule has 1 atom stereocenters. The molecule has 5 heteroatoms. The topological polar surface area (TPSA) is 58.6 Å². The van der Waals surface area contributed by atoms with E-state index in [-0.39, 0.29) is 5.91 Å². The number of hydrogen-bond acceptors (Lipinski definition) is 3. The van der Waals surface area contributed by atoms with Gasteiger partial charge in [-0.25, -0.2) is 4.79 Å². The zero-order valence-electron chi connectivity index (χ0n) is 12.7. The minimum Gasteiger partial charge on any atom is -0.444 e. The molecular weight excluding hydrogens is 244 g/mol. The first kappa shape index (κ1) is 15.8. The summed E-state index contributed by atoms with van der Waals surface area (Å²) in [5.74, 6) is 0.649. The third-order valence-corrected chi connectivity index (χ3v) is 3.20. The summed E-state index contributed by atoms with van der Waals surface area (Å²) in [7, 11) is 0. The Morgan fingerprint density at radius 2 is 1.79 bits per heavy atom. The Labute approximate surface area is 115 Å². The SMILES string of the molecule is CC1CCN(C(=O)C(C)NC(=O)OC(C)(C)C)CC1. The van der Waals surface area contributed by atoms with Crippen LogP contribution in [0.15, 0.2) is 0 Å². The second-order valence-corrected chi connectivity index (χ2v) is 6.38. The summed E-state index contributed by atoms with van der Waals surface area (Å²) in [6, 6.07) is -0.539. The molecule has 1 rings (SSSR count). The summed E-state index contributed by atoms with van der Waals surface area (Å²) in [6.07, 6.45) is 1.52. The molecule has 0 aromatic heterocycles. The van der Waals surface area contributed by atoms with Crippen molar-refractivity contribution in [3.8, 4) is 0 Å². The maximum Gasteiger partial charge on any atom is 0.408 e. The van der Waals surface area contributed by atoms with Crippen molar-refractivity contribution < 1.29 is 14.3 Å². The van der Waals surface area contributed by atoms with E-state index >= 15 is 0 Å². The molecule has 110 valence electrons. The van der Waals surface area contributed by atoms with Crippen molar-refractivity contribution in [2.45, 2.75) is 59.1 Å². The monoisotopic (exact) mass is 270 g/mol. The average Bonchev–Trinajstić information content (AvgIpc) is 2.26. The Morgan fingerprint density at radius 1 is 1.26 bits per heavy atom. The fraction of sp³-hybridized carbons (Fsp3) is 0.857. The summed E-state index contributed by atoms with van der Waals surface area (Å²) >= 11 is 0. The molecule has 1 aliphatic heterocycles. The van der Waals surface area contributed by atoms with Gasteiger partial charge in [0.2, 0.25) is 5.91 Å². The van der Waals surface area contributed by atoms with Gasteiger partial charge in [0.1, 0.15) is 11.6 Å². The lowest BCUT2D eigenvalue weighted by atomic mass is 9.99. The standard InChI is InChI=1S/C14H26N2O3/c1-10-6-8-16(9-7-10)12(17)11(2)15-13(18)19-14(3,4)5/h10-11H,6-9H2,1-5H3,(H,15,18). The average molecular weight is 270 g/mol. The number of rotatable bonds is 2. The molecule has 0 saturated carbocycles. The van der Waals surface area contributed by atoms with Crippen molar-refractivity contribution in [1.29, 1.82) is 0 Å². The van der Waals surface area contributed by atoms with Crippen molar-refractivity contribution in [2.24, 2.45) is 5.92 Å². The van der Waals surface area contributed by atoms with Crippen LogP contribution in [0, 0.1) is 5.92 Å². The molecule has 0 spiro atoms. The maximum atomic E-state index is 12.2. The van der Waals surface area contributed by atoms with Crippen molar-refractivity contribution in [2.75, 3.05) is 13.1 Å². The van der Waals surface area contributed by atoms with Gasteiger partial charge in [0.15, 0.2) is 0 Å². The second-order valence-electron chi connectivity index (χ2n) is 6.38. The minimum atomic E-state index is -0.548. The van der Waals surface area contributed by atoms with Crippen molar-refractivity contribution in [1.82, 2.24) is 10.2 Å². The number of nitrogens with one attached hydrogen (secondary N) is 1. The van der Waals surface area contributed by atoms with E-state index in [1.54, 1.807) is 27.7 Å². The molecule has 0 radical (unpaired) electrons. The van der Waals surface area contributed by atoms with Gasteiger partial charge >= 0.3 is 6.09 Å². The number of alkyl carbamates (subject to hydrolysis) is 1. The molecule has 0 bridgehead atoms. The van der Waals surface area contributed by atoms with Crippen LogP contribution in [0.2, 0.25) is 0 Å². The molecular formula is C14H26N2O3. The number of hydrogen-bond donors (Lipinski definition) is 1. The molecule has 0 aromatic rings. The second kappa shape index (κ2) is 6.26.